The molecule has 0 aromatic heterocycles. The summed E-state index contributed by atoms with van der Waals surface area (Å²) in [6.07, 6.45) is 1.88. The van der Waals surface area contributed by atoms with Crippen LogP contribution >= 0.6 is 23.2 Å². The number of amides is 1. The van der Waals surface area contributed by atoms with Gasteiger partial charge in [0.05, 0.1) is 10.0 Å². The zero-order chi connectivity index (χ0) is 21.9. The lowest BCUT2D eigenvalue weighted by Gasteiger charge is -2.33. The van der Waals surface area contributed by atoms with E-state index in [1.165, 1.54) is 4.90 Å². The highest BCUT2D eigenvalue weighted by Crippen LogP contribution is 2.37. The summed E-state index contributed by atoms with van der Waals surface area (Å²) in [5.74, 6) is -0.308. The summed E-state index contributed by atoms with van der Waals surface area (Å²) in [6, 6.07) is 4.64. The first-order valence-electron chi connectivity index (χ1n) is 10.4. The zero-order valence-electron chi connectivity index (χ0n) is 17.7. The van der Waals surface area contributed by atoms with E-state index in [9.17, 15) is 9.59 Å². The van der Waals surface area contributed by atoms with Gasteiger partial charge < -0.3 is 14.2 Å². The minimum Gasteiger partial charge on any atom is -0.456 e. The average Bonchev–Trinajstić information content (AvgIpc) is 3.18. The van der Waals surface area contributed by atoms with Crippen LogP contribution in [0, 0.1) is 5.92 Å². The largest absolute Gasteiger partial charge is 0.456 e. The number of benzene rings is 1. The number of carbonyl (C=O) groups is 2. The topological polar surface area (TPSA) is 65.1 Å². The Morgan fingerprint density at radius 1 is 1.13 bits per heavy atom. The molecule has 0 bridgehead atoms. The Balaban J connectivity index is 1.78. The molecule has 2 aliphatic heterocycles. The fourth-order valence-corrected chi connectivity index (χ4v) is 4.21. The van der Waals surface area contributed by atoms with Crippen LogP contribution in [0.25, 0.3) is 0 Å². The van der Waals surface area contributed by atoms with Gasteiger partial charge in [0.15, 0.2) is 0 Å². The van der Waals surface area contributed by atoms with Gasteiger partial charge >= 0.3 is 12.1 Å². The molecule has 1 aromatic carbocycles. The van der Waals surface area contributed by atoms with E-state index in [1.807, 2.05) is 6.07 Å². The van der Waals surface area contributed by atoms with Crippen molar-refractivity contribution in [2.24, 2.45) is 5.92 Å². The molecule has 2 fully saturated rings. The molecule has 1 amide bonds. The van der Waals surface area contributed by atoms with Gasteiger partial charge in [-0.05, 0) is 64.2 Å². The van der Waals surface area contributed by atoms with Crippen LogP contribution < -0.4 is 0 Å². The van der Waals surface area contributed by atoms with Crippen molar-refractivity contribution < 1.29 is 23.8 Å². The molecule has 8 heteroatoms. The van der Waals surface area contributed by atoms with E-state index in [-0.39, 0.29) is 5.92 Å². The monoisotopic (exact) mass is 457 g/mol. The van der Waals surface area contributed by atoms with Gasteiger partial charge in [-0.3, -0.25) is 4.90 Å². The number of hydrogen-bond donors (Lipinski definition) is 0. The first-order chi connectivity index (χ1) is 14.2. The summed E-state index contributed by atoms with van der Waals surface area (Å²) < 4.78 is 17.0. The standard InChI is InChI=1S/C22H29Cl2NO5/c1-22(2,3)30-21(27)25-10-4-5-18(25)20(26)29-19(14-8-11-28-12-9-14)15-6-7-16(23)17(24)13-15/h6-7,13-14,18-19H,4-5,8-12H2,1-3H3/t18-,19-/m0/s1. The van der Waals surface area contributed by atoms with Crippen LogP contribution in [0.2, 0.25) is 10.0 Å². The Kier molecular flexibility index (Phi) is 7.53. The summed E-state index contributed by atoms with van der Waals surface area (Å²) in [5, 5.41) is 0.864. The number of likely N-dealkylation sites (tertiary alicyclic amines) is 1. The van der Waals surface area contributed by atoms with Gasteiger partial charge in [-0.2, -0.15) is 0 Å². The minimum atomic E-state index is -0.648. The predicted molar refractivity (Wildman–Crippen MR) is 115 cm³/mol. The van der Waals surface area contributed by atoms with Crippen molar-refractivity contribution in [1.29, 1.82) is 0 Å². The third-order valence-electron chi connectivity index (χ3n) is 5.36. The van der Waals surface area contributed by atoms with Gasteiger partial charge in [-0.1, -0.05) is 29.3 Å². The molecular weight excluding hydrogens is 429 g/mol. The van der Waals surface area contributed by atoms with Crippen LogP contribution in [0.3, 0.4) is 0 Å². The Hall–Kier alpha value is -1.50. The van der Waals surface area contributed by atoms with E-state index in [1.54, 1.807) is 32.9 Å². The van der Waals surface area contributed by atoms with E-state index in [0.29, 0.717) is 36.2 Å². The van der Waals surface area contributed by atoms with E-state index in [0.717, 1.165) is 24.8 Å². The fourth-order valence-electron chi connectivity index (χ4n) is 3.90. The SMILES string of the molecule is CC(C)(C)OC(=O)N1CCC[C@H]1C(=O)O[C@H](c1ccc(Cl)c(Cl)c1)C1CCOCC1. The van der Waals surface area contributed by atoms with Crippen molar-refractivity contribution in [3.63, 3.8) is 0 Å². The first-order valence-corrected chi connectivity index (χ1v) is 11.1. The molecule has 30 heavy (non-hydrogen) atoms. The second-order valence-electron chi connectivity index (χ2n) is 8.81. The molecule has 6 nitrogen and oxygen atoms in total. The van der Waals surface area contributed by atoms with Gasteiger partial charge in [-0.15, -0.1) is 0 Å². The molecule has 2 heterocycles. The van der Waals surface area contributed by atoms with Crippen LogP contribution in [-0.4, -0.2) is 48.4 Å². The van der Waals surface area contributed by atoms with E-state index >= 15 is 0 Å². The molecule has 2 aliphatic rings. The smallest absolute Gasteiger partial charge is 0.411 e. The van der Waals surface area contributed by atoms with Crippen molar-refractivity contribution in [1.82, 2.24) is 4.90 Å². The zero-order valence-corrected chi connectivity index (χ0v) is 19.2. The van der Waals surface area contributed by atoms with Crippen molar-refractivity contribution >= 4 is 35.3 Å². The molecular formula is C22H29Cl2NO5. The number of carbonyl (C=O) groups excluding carboxylic acids is 2. The van der Waals surface area contributed by atoms with Crippen molar-refractivity contribution in [2.75, 3.05) is 19.8 Å². The maximum atomic E-state index is 13.1. The Bertz CT molecular complexity index is 773. The van der Waals surface area contributed by atoms with Crippen LogP contribution in [0.15, 0.2) is 18.2 Å². The molecule has 166 valence electrons. The summed E-state index contributed by atoms with van der Waals surface area (Å²) >= 11 is 12.3. The quantitative estimate of drug-likeness (QED) is 0.565. The van der Waals surface area contributed by atoms with Crippen LogP contribution in [-0.2, 0) is 19.0 Å². The van der Waals surface area contributed by atoms with Crippen molar-refractivity contribution in [2.45, 2.75) is 64.2 Å². The second kappa shape index (κ2) is 9.75. The summed E-state index contributed by atoms with van der Waals surface area (Å²) in [5.41, 5.74) is 0.171. The lowest BCUT2D eigenvalue weighted by atomic mass is 9.89. The predicted octanol–water partition coefficient (Wildman–Crippen LogP) is 5.40. The molecule has 0 saturated carbocycles. The molecule has 0 spiro atoms. The summed E-state index contributed by atoms with van der Waals surface area (Å²) in [4.78, 5) is 27.2. The lowest BCUT2D eigenvalue weighted by molar-refractivity contribution is -0.159. The average molecular weight is 458 g/mol. The number of rotatable bonds is 4. The summed E-state index contributed by atoms with van der Waals surface area (Å²) in [6.45, 7) is 7.13. The van der Waals surface area contributed by atoms with E-state index < -0.39 is 29.8 Å². The van der Waals surface area contributed by atoms with E-state index in [4.69, 9.17) is 37.4 Å². The summed E-state index contributed by atoms with van der Waals surface area (Å²) in [7, 11) is 0. The maximum Gasteiger partial charge on any atom is 0.411 e. The molecule has 0 unspecified atom stereocenters. The molecule has 0 radical (unpaired) electrons. The molecule has 0 aliphatic carbocycles. The number of esters is 1. The van der Waals surface area contributed by atoms with Crippen LogP contribution in [0.1, 0.15) is 58.1 Å². The molecule has 2 saturated heterocycles. The normalized spacial score (nSPS) is 21.4. The maximum absolute atomic E-state index is 13.1. The number of ether oxygens (including phenoxy) is 3. The van der Waals surface area contributed by atoms with Gasteiger partial charge in [0.25, 0.3) is 0 Å². The van der Waals surface area contributed by atoms with Gasteiger partial charge in [0.2, 0.25) is 0 Å². The Labute approximate surface area is 187 Å². The first kappa shape index (κ1) is 23.2. The highest BCUT2D eigenvalue weighted by molar-refractivity contribution is 6.42. The number of halogens is 2. The number of nitrogens with zero attached hydrogens (tertiary/aromatic N) is 1. The molecule has 0 N–H and O–H groups in total. The Morgan fingerprint density at radius 2 is 1.83 bits per heavy atom. The third kappa shape index (κ3) is 5.80. The van der Waals surface area contributed by atoms with Crippen LogP contribution in [0.4, 0.5) is 4.79 Å². The highest BCUT2D eigenvalue weighted by atomic mass is 35.5. The van der Waals surface area contributed by atoms with Gasteiger partial charge in [0.1, 0.15) is 17.7 Å². The lowest BCUT2D eigenvalue weighted by Crippen LogP contribution is -2.44. The fraction of sp³-hybridized carbons (Fsp3) is 0.636. The third-order valence-corrected chi connectivity index (χ3v) is 6.10. The molecule has 2 atom stereocenters. The molecule has 3 rings (SSSR count). The minimum absolute atomic E-state index is 0.108. The Morgan fingerprint density at radius 3 is 2.47 bits per heavy atom. The van der Waals surface area contributed by atoms with Crippen molar-refractivity contribution in [3.05, 3.63) is 33.8 Å². The number of hydrogen-bond acceptors (Lipinski definition) is 5. The van der Waals surface area contributed by atoms with E-state index in [2.05, 4.69) is 0 Å². The van der Waals surface area contributed by atoms with Gasteiger partial charge in [0, 0.05) is 25.7 Å². The van der Waals surface area contributed by atoms with Crippen LogP contribution in [0.5, 0.6) is 0 Å². The van der Waals surface area contributed by atoms with Crippen molar-refractivity contribution in [3.8, 4) is 0 Å². The highest BCUT2D eigenvalue weighted by Gasteiger charge is 2.40. The molecule has 1 aromatic rings. The second-order valence-corrected chi connectivity index (χ2v) is 9.63. The van der Waals surface area contributed by atoms with Gasteiger partial charge in [-0.25, -0.2) is 9.59 Å².